The third kappa shape index (κ3) is 2.12. The number of amides is 1. The predicted molar refractivity (Wildman–Crippen MR) is 63.8 cm³/mol. The Morgan fingerprint density at radius 1 is 1.58 bits per heavy atom. The Balaban J connectivity index is 2.33. The molecule has 0 bridgehead atoms. The van der Waals surface area contributed by atoms with Gasteiger partial charge in [-0.3, -0.25) is 4.79 Å². The van der Waals surface area contributed by atoms with Crippen LogP contribution in [0.1, 0.15) is 0 Å². The van der Waals surface area contributed by atoms with Crippen LogP contribution in [-0.2, 0) is 14.3 Å². The van der Waals surface area contributed by atoms with Crippen LogP contribution in [0, 0.1) is 0 Å². The highest BCUT2D eigenvalue weighted by Crippen LogP contribution is 2.38. The first-order chi connectivity index (χ1) is 9.02. The second-order valence-corrected chi connectivity index (χ2v) is 5.29. The molecule has 2 fully saturated rings. The first-order valence-corrected chi connectivity index (χ1v) is 6.49. The summed E-state index contributed by atoms with van der Waals surface area (Å²) in [4.78, 5) is 27.4. The molecule has 0 aromatic heterocycles. The highest BCUT2D eigenvalue weighted by molar-refractivity contribution is 8.00. The number of nitrogens with zero attached hydrogens (tertiary/aromatic N) is 4. The van der Waals surface area contributed by atoms with Crippen LogP contribution >= 0.6 is 11.8 Å². The molecule has 0 radical (unpaired) electrons. The average Bonchev–Trinajstić information content (AvgIpc) is 2.85. The molecule has 0 aliphatic carbocycles. The number of thioether (sulfide) groups is 1. The van der Waals surface area contributed by atoms with Crippen molar-refractivity contribution in [1.29, 1.82) is 0 Å². The van der Waals surface area contributed by atoms with Gasteiger partial charge in [0.05, 0.1) is 7.11 Å². The van der Waals surface area contributed by atoms with Crippen molar-refractivity contribution in [1.82, 2.24) is 4.90 Å². The minimum absolute atomic E-state index is 0.260. The van der Waals surface area contributed by atoms with Gasteiger partial charge in [-0.1, -0.05) is 5.11 Å². The minimum Gasteiger partial charge on any atom is -0.467 e. The summed E-state index contributed by atoms with van der Waals surface area (Å²) in [6.07, 6.45) is -2.76. The van der Waals surface area contributed by atoms with E-state index >= 15 is 0 Å². The van der Waals surface area contributed by atoms with Gasteiger partial charge in [0.25, 0.3) is 0 Å². The summed E-state index contributed by atoms with van der Waals surface area (Å²) in [7, 11) is 1.20. The monoisotopic (exact) mass is 288 g/mol. The van der Waals surface area contributed by atoms with Gasteiger partial charge in [-0.05, 0) is 5.53 Å². The third-order valence-corrected chi connectivity index (χ3v) is 4.51. The van der Waals surface area contributed by atoms with Crippen LogP contribution in [0.25, 0.3) is 10.4 Å². The van der Waals surface area contributed by atoms with E-state index in [2.05, 4.69) is 14.8 Å². The second-order valence-electron chi connectivity index (χ2n) is 4.14. The maximum absolute atomic E-state index is 12.2. The lowest BCUT2D eigenvalue weighted by atomic mass is 9.97. The van der Waals surface area contributed by atoms with E-state index in [1.807, 2.05) is 0 Å². The van der Waals surface area contributed by atoms with Gasteiger partial charge in [-0.25, -0.2) is 4.79 Å². The van der Waals surface area contributed by atoms with Gasteiger partial charge < -0.3 is 19.8 Å². The van der Waals surface area contributed by atoms with Gasteiger partial charge in [0.1, 0.15) is 29.7 Å². The molecule has 1 amide bonds. The van der Waals surface area contributed by atoms with Crippen molar-refractivity contribution in [3.05, 3.63) is 10.4 Å². The van der Waals surface area contributed by atoms with Crippen LogP contribution in [0.15, 0.2) is 5.11 Å². The maximum atomic E-state index is 12.2. The molecule has 19 heavy (non-hydrogen) atoms. The molecule has 10 heteroatoms. The zero-order valence-electron chi connectivity index (χ0n) is 9.91. The highest BCUT2D eigenvalue weighted by atomic mass is 32.2. The van der Waals surface area contributed by atoms with Gasteiger partial charge >= 0.3 is 5.97 Å². The maximum Gasteiger partial charge on any atom is 0.329 e. The van der Waals surface area contributed by atoms with Crippen LogP contribution in [0.4, 0.5) is 0 Å². The number of piperidine rings is 1. The van der Waals surface area contributed by atoms with Crippen LogP contribution in [-0.4, -0.2) is 69.5 Å². The fraction of sp³-hybridized carbons (Fsp3) is 0.778. The number of carbonyl (C=O) groups is 2. The Hall–Kier alpha value is -1.48. The van der Waals surface area contributed by atoms with E-state index < -0.39 is 41.5 Å². The smallest absolute Gasteiger partial charge is 0.329 e. The molecular formula is C9H12N4O5S. The number of methoxy groups -OCH3 is 1. The van der Waals surface area contributed by atoms with E-state index in [9.17, 15) is 19.8 Å². The summed E-state index contributed by atoms with van der Waals surface area (Å²) in [5.41, 5.74) is 8.40. The van der Waals surface area contributed by atoms with Crippen LogP contribution in [0.2, 0.25) is 0 Å². The number of ether oxygens (including phenoxy) is 1. The standard InChI is InChI=1S/C9H12N4O5S/c1-18-9(17)3-2-19-8-6(15)5(14)4(11-12-10)7(16)13(3)8/h3-6,8,14-15H,2H2,1H3/t3-,4?,5+,6-,8-/m0/s1. The molecule has 104 valence electrons. The summed E-state index contributed by atoms with van der Waals surface area (Å²) in [5, 5.41) is 22.2. The molecule has 0 aromatic rings. The van der Waals surface area contributed by atoms with Gasteiger partial charge in [-0.15, -0.1) is 11.8 Å². The summed E-state index contributed by atoms with van der Waals surface area (Å²) in [5.74, 6) is -1.02. The van der Waals surface area contributed by atoms with E-state index in [-0.39, 0.29) is 5.75 Å². The minimum atomic E-state index is -1.48. The molecule has 2 saturated heterocycles. The molecule has 0 saturated carbocycles. The van der Waals surface area contributed by atoms with Crippen molar-refractivity contribution >= 4 is 23.6 Å². The Labute approximate surface area is 112 Å². The zero-order valence-corrected chi connectivity index (χ0v) is 10.7. The van der Waals surface area contributed by atoms with E-state index in [4.69, 9.17) is 5.53 Å². The average molecular weight is 288 g/mol. The molecule has 2 N–H and O–H groups in total. The number of carbonyl (C=O) groups excluding carboxylic acids is 2. The zero-order chi connectivity index (χ0) is 14.2. The number of rotatable bonds is 2. The number of aliphatic hydroxyl groups is 2. The number of fused-ring (bicyclic) bond motifs is 1. The molecule has 2 rings (SSSR count). The molecule has 0 aromatic carbocycles. The second kappa shape index (κ2) is 5.25. The summed E-state index contributed by atoms with van der Waals surface area (Å²) in [6, 6.07) is -2.27. The lowest BCUT2D eigenvalue weighted by Crippen LogP contribution is -2.63. The fourth-order valence-electron chi connectivity index (χ4n) is 2.22. The number of hydrogen-bond acceptors (Lipinski definition) is 7. The van der Waals surface area contributed by atoms with Crippen molar-refractivity contribution in [2.24, 2.45) is 5.11 Å². The molecule has 2 aliphatic heterocycles. The van der Waals surface area contributed by atoms with Crippen molar-refractivity contribution < 1.29 is 24.5 Å². The van der Waals surface area contributed by atoms with Crippen molar-refractivity contribution in [2.75, 3.05) is 12.9 Å². The first-order valence-electron chi connectivity index (χ1n) is 5.45. The van der Waals surface area contributed by atoms with Crippen molar-refractivity contribution in [2.45, 2.75) is 29.7 Å². The normalized spacial score (nSPS) is 37.5. The van der Waals surface area contributed by atoms with E-state index in [1.54, 1.807) is 0 Å². The fourth-order valence-corrected chi connectivity index (χ4v) is 3.66. The van der Waals surface area contributed by atoms with Crippen molar-refractivity contribution in [3.8, 4) is 0 Å². The Morgan fingerprint density at radius 3 is 2.84 bits per heavy atom. The molecular weight excluding hydrogens is 276 g/mol. The summed E-state index contributed by atoms with van der Waals surface area (Å²) in [6.45, 7) is 0. The topological polar surface area (TPSA) is 136 Å². The van der Waals surface area contributed by atoms with E-state index in [0.29, 0.717) is 0 Å². The van der Waals surface area contributed by atoms with Crippen LogP contribution < -0.4 is 0 Å². The molecule has 2 aliphatic rings. The lowest BCUT2D eigenvalue weighted by Gasteiger charge is -2.40. The largest absolute Gasteiger partial charge is 0.467 e. The van der Waals surface area contributed by atoms with Gasteiger partial charge in [-0.2, -0.15) is 0 Å². The SMILES string of the molecule is COC(=O)[C@@H]1CS[C@H]2[C@@H](O)[C@H](O)C(N=[N+]=[N-])C(=O)N12. The van der Waals surface area contributed by atoms with Crippen LogP contribution in [0.5, 0.6) is 0 Å². The Kier molecular flexibility index (Phi) is 3.85. The number of hydrogen-bond donors (Lipinski definition) is 2. The lowest BCUT2D eigenvalue weighted by molar-refractivity contribution is -0.162. The quantitative estimate of drug-likeness (QED) is 0.285. The highest BCUT2D eigenvalue weighted by Gasteiger charge is 2.54. The summed E-state index contributed by atoms with van der Waals surface area (Å²) < 4.78 is 4.60. The third-order valence-electron chi connectivity index (χ3n) is 3.16. The Bertz CT molecular complexity index is 454. The van der Waals surface area contributed by atoms with Gasteiger partial charge in [0.2, 0.25) is 5.91 Å². The van der Waals surface area contributed by atoms with Crippen molar-refractivity contribution in [3.63, 3.8) is 0 Å². The first kappa shape index (κ1) is 13.9. The summed E-state index contributed by atoms with van der Waals surface area (Å²) >= 11 is 1.17. The number of azide groups is 1. The molecule has 1 unspecified atom stereocenters. The molecule has 2 heterocycles. The van der Waals surface area contributed by atoms with Crippen LogP contribution in [0.3, 0.4) is 0 Å². The Morgan fingerprint density at radius 2 is 2.26 bits per heavy atom. The number of esters is 1. The number of aliphatic hydroxyl groups excluding tert-OH is 2. The predicted octanol–water partition coefficient (Wildman–Crippen LogP) is -1.16. The van der Waals surface area contributed by atoms with E-state index in [1.165, 1.54) is 18.9 Å². The van der Waals surface area contributed by atoms with Gasteiger partial charge in [0.15, 0.2) is 0 Å². The molecule has 9 nitrogen and oxygen atoms in total. The van der Waals surface area contributed by atoms with Gasteiger partial charge in [0, 0.05) is 10.7 Å². The molecule has 5 atom stereocenters. The van der Waals surface area contributed by atoms with E-state index in [0.717, 1.165) is 4.90 Å². The molecule has 0 spiro atoms.